The van der Waals surface area contributed by atoms with Crippen molar-refractivity contribution in [1.82, 2.24) is 0 Å². The van der Waals surface area contributed by atoms with Gasteiger partial charge in [0.2, 0.25) is 0 Å². The summed E-state index contributed by atoms with van der Waals surface area (Å²) >= 11 is 0. The molecule has 0 fully saturated rings. The highest BCUT2D eigenvalue weighted by Gasteiger charge is 2.07. The van der Waals surface area contributed by atoms with Crippen molar-refractivity contribution in [3.05, 3.63) is 95.1 Å². The first-order valence-corrected chi connectivity index (χ1v) is 7.67. The molecular formula is C21H17NO2. The molecule has 0 radical (unpaired) electrons. The first-order chi connectivity index (χ1) is 11.6. The van der Waals surface area contributed by atoms with E-state index in [9.17, 15) is 9.90 Å². The molecule has 3 heteroatoms. The summed E-state index contributed by atoms with van der Waals surface area (Å²) in [5.41, 5.74) is 3.73. The van der Waals surface area contributed by atoms with Crippen molar-refractivity contribution in [2.45, 2.75) is 6.92 Å². The third kappa shape index (κ3) is 3.58. The number of phenolic OH excluding ortho intramolecular Hbond substituents is 1. The number of rotatable bonds is 4. The molecule has 3 nitrogen and oxygen atoms in total. The van der Waals surface area contributed by atoms with Crippen molar-refractivity contribution >= 4 is 17.7 Å². The summed E-state index contributed by atoms with van der Waals surface area (Å²) in [6.07, 6.45) is 1.62. The largest absolute Gasteiger partial charge is 0.507 e. The second-order valence-electron chi connectivity index (χ2n) is 5.56. The molecule has 0 atom stereocenters. The zero-order valence-corrected chi connectivity index (χ0v) is 13.3. The van der Waals surface area contributed by atoms with Crippen LogP contribution in [0, 0.1) is 6.92 Å². The van der Waals surface area contributed by atoms with Crippen molar-refractivity contribution in [1.29, 1.82) is 0 Å². The lowest BCUT2D eigenvalue weighted by Crippen LogP contribution is -2.00. The Morgan fingerprint density at radius 2 is 1.58 bits per heavy atom. The van der Waals surface area contributed by atoms with E-state index in [0.717, 1.165) is 11.3 Å². The van der Waals surface area contributed by atoms with E-state index in [-0.39, 0.29) is 11.5 Å². The molecule has 0 aliphatic rings. The van der Waals surface area contributed by atoms with Gasteiger partial charge in [0.1, 0.15) is 5.75 Å². The Hall–Kier alpha value is -3.20. The Morgan fingerprint density at radius 1 is 0.917 bits per heavy atom. The number of hydrogen-bond donors (Lipinski definition) is 1. The first kappa shape index (κ1) is 15.7. The van der Waals surface area contributed by atoms with Gasteiger partial charge >= 0.3 is 0 Å². The Bertz CT molecular complexity index is 881. The minimum atomic E-state index is -0.0116. The van der Waals surface area contributed by atoms with Crippen LogP contribution in [0.25, 0.3) is 0 Å². The van der Waals surface area contributed by atoms with E-state index >= 15 is 0 Å². The SMILES string of the molecule is Cc1ccc(O)c(C=Nc2ccc(C(=O)c3ccccc3)cc2)c1. The fourth-order valence-electron chi connectivity index (χ4n) is 2.38. The quantitative estimate of drug-likeness (QED) is 0.561. The highest BCUT2D eigenvalue weighted by atomic mass is 16.3. The number of benzene rings is 3. The van der Waals surface area contributed by atoms with Gasteiger partial charge in [-0.25, -0.2) is 0 Å². The third-order valence-electron chi connectivity index (χ3n) is 3.70. The molecule has 0 unspecified atom stereocenters. The lowest BCUT2D eigenvalue weighted by Gasteiger charge is -2.02. The number of phenols is 1. The molecule has 0 bridgehead atoms. The summed E-state index contributed by atoms with van der Waals surface area (Å²) in [5, 5.41) is 9.82. The molecule has 0 saturated heterocycles. The van der Waals surface area contributed by atoms with Crippen molar-refractivity contribution in [3.63, 3.8) is 0 Å². The maximum Gasteiger partial charge on any atom is 0.193 e. The molecule has 0 saturated carbocycles. The van der Waals surface area contributed by atoms with E-state index in [2.05, 4.69) is 4.99 Å². The van der Waals surface area contributed by atoms with Crippen LogP contribution in [0.2, 0.25) is 0 Å². The van der Waals surface area contributed by atoms with E-state index in [4.69, 9.17) is 0 Å². The van der Waals surface area contributed by atoms with Crippen LogP contribution in [0.5, 0.6) is 5.75 Å². The normalized spacial score (nSPS) is 10.9. The Labute approximate surface area is 140 Å². The van der Waals surface area contributed by atoms with Gasteiger partial charge < -0.3 is 5.11 Å². The Kier molecular flexibility index (Phi) is 4.52. The van der Waals surface area contributed by atoms with Crippen molar-refractivity contribution in [2.75, 3.05) is 0 Å². The van der Waals surface area contributed by atoms with Gasteiger partial charge in [-0.05, 0) is 43.3 Å². The number of ketones is 1. The number of aryl methyl sites for hydroxylation is 1. The zero-order valence-electron chi connectivity index (χ0n) is 13.3. The highest BCUT2D eigenvalue weighted by molar-refractivity contribution is 6.09. The number of aliphatic imine (C=N–C) groups is 1. The number of carbonyl (C=O) groups excluding carboxylic acids is 1. The van der Waals surface area contributed by atoms with Crippen LogP contribution in [0.15, 0.2) is 77.8 Å². The van der Waals surface area contributed by atoms with Crippen LogP contribution in [-0.4, -0.2) is 17.1 Å². The minimum absolute atomic E-state index is 0.0116. The maximum absolute atomic E-state index is 12.3. The molecule has 24 heavy (non-hydrogen) atoms. The van der Waals surface area contributed by atoms with E-state index < -0.39 is 0 Å². The Morgan fingerprint density at radius 3 is 2.29 bits per heavy atom. The molecule has 3 aromatic carbocycles. The number of aromatic hydroxyl groups is 1. The van der Waals surface area contributed by atoms with Gasteiger partial charge in [-0.1, -0.05) is 42.0 Å². The fourth-order valence-corrected chi connectivity index (χ4v) is 2.38. The molecule has 0 aliphatic heterocycles. The van der Waals surface area contributed by atoms with Gasteiger partial charge in [0.05, 0.1) is 5.69 Å². The summed E-state index contributed by atoms with van der Waals surface area (Å²) in [7, 11) is 0. The number of hydrogen-bond acceptors (Lipinski definition) is 3. The second-order valence-corrected chi connectivity index (χ2v) is 5.56. The summed E-state index contributed by atoms with van der Waals surface area (Å²) in [4.78, 5) is 16.7. The van der Waals surface area contributed by atoms with Gasteiger partial charge in [0, 0.05) is 22.9 Å². The summed E-state index contributed by atoms with van der Waals surface area (Å²) in [6, 6.07) is 21.6. The van der Waals surface area contributed by atoms with Crippen molar-refractivity contribution in [3.8, 4) is 5.75 Å². The smallest absolute Gasteiger partial charge is 0.193 e. The van der Waals surface area contributed by atoms with Crippen LogP contribution in [0.3, 0.4) is 0 Å². The lowest BCUT2D eigenvalue weighted by atomic mass is 10.0. The predicted molar refractivity (Wildman–Crippen MR) is 96.4 cm³/mol. The lowest BCUT2D eigenvalue weighted by molar-refractivity contribution is 0.103. The van der Waals surface area contributed by atoms with Crippen LogP contribution in [0.4, 0.5) is 5.69 Å². The van der Waals surface area contributed by atoms with E-state index in [1.807, 2.05) is 37.3 Å². The van der Waals surface area contributed by atoms with Gasteiger partial charge in [-0.2, -0.15) is 0 Å². The highest BCUT2D eigenvalue weighted by Crippen LogP contribution is 2.19. The molecule has 1 N–H and O–H groups in total. The van der Waals surface area contributed by atoms with Gasteiger partial charge in [0.25, 0.3) is 0 Å². The average Bonchev–Trinajstić information content (AvgIpc) is 2.63. The van der Waals surface area contributed by atoms with E-state index in [1.54, 1.807) is 48.7 Å². The van der Waals surface area contributed by atoms with Crippen LogP contribution in [-0.2, 0) is 0 Å². The van der Waals surface area contributed by atoms with E-state index in [1.165, 1.54) is 0 Å². The van der Waals surface area contributed by atoms with Crippen LogP contribution < -0.4 is 0 Å². The standard InChI is InChI=1S/C21H17NO2/c1-15-7-12-20(23)18(13-15)14-22-19-10-8-17(9-11-19)21(24)16-5-3-2-4-6-16/h2-14,23H,1H3. The van der Waals surface area contributed by atoms with Gasteiger partial charge in [-0.15, -0.1) is 0 Å². The molecular weight excluding hydrogens is 298 g/mol. The van der Waals surface area contributed by atoms with E-state index in [0.29, 0.717) is 16.7 Å². The fraction of sp³-hybridized carbons (Fsp3) is 0.0476. The number of nitrogens with zero attached hydrogens (tertiary/aromatic N) is 1. The summed E-state index contributed by atoms with van der Waals surface area (Å²) in [5.74, 6) is 0.183. The van der Waals surface area contributed by atoms with Crippen LogP contribution in [0.1, 0.15) is 27.0 Å². The maximum atomic E-state index is 12.3. The summed E-state index contributed by atoms with van der Waals surface area (Å²) in [6.45, 7) is 1.96. The molecule has 118 valence electrons. The molecule has 0 aliphatic carbocycles. The molecule has 0 heterocycles. The Balaban J connectivity index is 1.79. The predicted octanol–water partition coefficient (Wildman–Crippen LogP) is 4.68. The summed E-state index contributed by atoms with van der Waals surface area (Å²) < 4.78 is 0. The first-order valence-electron chi connectivity index (χ1n) is 7.67. The van der Waals surface area contributed by atoms with Gasteiger partial charge in [-0.3, -0.25) is 9.79 Å². The average molecular weight is 315 g/mol. The zero-order chi connectivity index (χ0) is 16.9. The van der Waals surface area contributed by atoms with Crippen molar-refractivity contribution < 1.29 is 9.90 Å². The number of carbonyl (C=O) groups is 1. The minimum Gasteiger partial charge on any atom is -0.507 e. The molecule has 3 aromatic rings. The van der Waals surface area contributed by atoms with Crippen LogP contribution >= 0.6 is 0 Å². The monoisotopic (exact) mass is 315 g/mol. The molecule has 0 amide bonds. The molecule has 0 spiro atoms. The molecule has 3 rings (SSSR count). The van der Waals surface area contributed by atoms with Crippen molar-refractivity contribution in [2.24, 2.45) is 4.99 Å². The second kappa shape index (κ2) is 6.92. The molecule has 0 aromatic heterocycles. The topological polar surface area (TPSA) is 49.7 Å². The van der Waals surface area contributed by atoms with Gasteiger partial charge in [0.15, 0.2) is 5.78 Å². The third-order valence-corrected chi connectivity index (χ3v) is 3.70.